The summed E-state index contributed by atoms with van der Waals surface area (Å²) in [6.07, 6.45) is 36.2. The first-order valence-electron chi connectivity index (χ1n) is 15.6. The maximum absolute atomic E-state index is 6.17. The highest BCUT2D eigenvalue weighted by Gasteiger charge is 2.28. The van der Waals surface area contributed by atoms with Crippen molar-refractivity contribution in [2.24, 2.45) is 0 Å². The largest absolute Gasteiger partial charge is 0.374 e. The van der Waals surface area contributed by atoms with Gasteiger partial charge >= 0.3 is 0 Å². The van der Waals surface area contributed by atoms with Crippen LogP contribution >= 0.6 is 0 Å². The summed E-state index contributed by atoms with van der Waals surface area (Å²) in [4.78, 5) is 0. The number of unbranched alkanes of at least 4 members (excludes halogenated alkanes) is 16. The lowest BCUT2D eigenvalue weighted by molar-refractivity contribution is -0.0481. The number of ether oxygens (including phenoxy) is 2. The van der Waals surface area contributed by atoms with Crippen LogP contribution in [0.25, 0.3) is 0 Å². The highest BCUT2D eigenvalue weighted by molar-refractivity contribution is 4.83. The molecule has 0 saturated carbocycles. The van der Waals surface area contributed by atoms with Crippen molar-refractivity contribution in [3.63, 3.8) is 0 Å². The van der Waals surface area contributed by atoms with Gasteiger partial charge in [-0.05, 0) is 51.4 Å². The highest BCUT2D eigenvalue weighted by atomic mass is 16.5. The number of hydrogen-bond acceptors (Lipinski definition) is 3. The van der Waals surface area contributed by atoms with Crippen molar-refractivity contribution in [1.82, 2.24) is 5.32 Å². The van der Waals surface area contributed by atoms with Gasteiger partial charge in [0, 0.05) is 26.3 Å². The Morgan fingerprint density at radius 1 is 0.486 bits per heavy atom. The number of hydrogen-bond donors (Lipinski definition) is 1. The molecule has 0 aromatic heterocycles. The van der Waals surface area contributed by atoms with E-state index >= 15 is 0 Å². The molecule has 2 unspecified atom stereocenters. The molecule has 0 bridgehead atoms. The van der Waals surface area contributed by atoms with Gasteiger partial charge in [-0.1, -0.05) is 115 Å². The predicted molar refractivity (Wildman–Crippen MR) is 154 cm³/mol. The van der Waals surface area contributed by atoms with Crippen LogP contribution in [0, 0.1) is 0 Å². The maximum atomic E-state index is 6.17. The highest BCUT2D eigenvalue weighted by Crippen LogP contribution is 2.14. The molecule has 0 aromatic rings. The molecule has 0 aromatic carbocycles. The zero-order valence-corrected chi connectivity index (χ0v) is 23.8. The fraction of sp³-hybridized carbons (Fsp3) is 0.875. The molecule has 3 heteroatoms. The summed E-state index contributed by atoms with van der Waals surface area (Å²) in [7, 11) is 0. The van der Waals surface area contributed by atoms with Gasteiger partial charge in [0.1, 0.15) is 0 Å². The summed E-state index contributed by atoms with van der Waals surface area (Å²) in [5.41, 5.74) is 0. The summed E-state index contributed by atoms with van der Waals surface area (Å²) in [5.74, 6) is 0. The van der Waals surface area contributed by atoms with E-state index in [1.807, 2.05) is 0 Å². The fourth-order valence-corrected chi connectivity index (χ4v) is 4.69. The zero-order chi connectivity index (χ0) is 25.1. The van der Waals surface area contributed by atoms with E-state index in [0.717, 1.165) is 26.3 Å². The van der Waals surface area contributed by atoms with Crippen LogP contribution in [0.3, 0.4) is 0 Å². The molecule has 1 rings (SSSR count). The third kappa shape index (κ3) is 21.2. The minimum absolute atomic E-state index is 0.250. The van der Waals surface area contributed by atoms with Gasteiger partial charge in [0.15, 0.2) is 0 Å². The SMILES string of the molecule is CCCC/C=C\CCCCCCCCOC1CNCC1OCCCCCCCC/C=C\CCCC. The fourth-order valence-electron chi connectivity index (χ4n) is 4.69. The first kappa shape index (κ1) is 32.4. The molecule has 1 fully saturated rings. The molecular formula is C32H61NO2. The maximum Gasteiger partial charge on any atom is 0.0973 e. The van der Waals surface area contributed by atoms with Gasteiger partial charge in [-0.3, -0.25) is 0 Å². The van der Waals surface area contributed by atoms with Crippen LogP contribution in [-0.4, -0.2) is 38.5 Å². The van der Waals surface area contributed by atoms with Gasteiger partial charge in [0.2, 0.25) is 0 Å². The van der Waals surface area contributed by atoms with Gasteiger partial charge in [-0.25, -0.2) is 0 Å². The molecule has 0 radical (unpaired) electrons. The molecule has 0 spiro atoms. The van der Waals surface area contributed by atoms with Crippen LogP contribution in [-0.2, 0) is 9.47 Å². The topological polar surface area (TPSA) is 30.5 Å². The first-order valence-corrected chi connectivity index (χ1v) is 15.6. The molecule has 35 heavy (non-hydrogen) atoms. The minimum Gasteiger partial charge on any atom is -0.374 e. The average molecular weight is 492 g/mol. The second kappa shape index (κ2) is 26.4. The number of nitrogens with one attached hydrogen (secondary N) is 1. The molecule has 0 amide bonds. The van der Waals surface area contributed by atoms with E-state index in [1.54, 1.807) is 0 Å². The predicted octanol–water partition coefficient (Wildman–Crippen LogP) is 9.31. The Labute approximate surface area is 219 Å². The molecule has 206 valence electrons. The molecule has 1 heterocycles. The normalized spacial score (nSPS) is 18.5. The van der Waals surface area contributed by atoms with Crippen LogP contribution in [0.2, 0.25) is 0 Å². The Bertz CT molecular complexity index is 434. The van der Waals surface area contributed by atoms with Gasteiger partial charge in [0.25, 0.3) is 0 Å². The molecule has 1 aliphatic heterocycles. The summed E-state index contributed by atoms with van der Waals surface area (Å²) >= 11 is 0. The van der Waals surface area contributed by atoms with E-state index in [2.05, 4.69) is 43.5 Å². The molecule has 1 aliphatic rings. The van der Waals surface area contributed by atoms with E-state index in [4.69, 9.17) is 9.47 Å². The van der Waals surface area contributed by atoms with Crippen LogP contribution in [0.1, 0.15) is 142 Å². The smallest absolute Gasteiger partial charge is 0.0973 e. The number of allylic oxidation sites excluding steroid dienone is 4. The zero-order valence-electron chi connectivity index (χ0n) is 23.8. The van der Waals surface area contributed by atoms with Crippen molar-refractivity contribution >= 4 is 0 Å². The second-order valence-electron chi connectivity index (χ2n) is 10.5. The lowest BCUT2D eigenvalue weighted by atomic mass is 10.1. The quantitative estimate of drug-likeness (QED) is 0.0965. The van der Waals surface area contributed by atoms with Crippen LogP contribution in [0.5, 0.6) is 0 Å². The Morgan fingerprint density at radius 3 is 1.23 bits per heavy atom. The van der Waals surface area contributed by atoms with Crippen molar-refractivity contribution in [1.29, 1.82) is 0 Å². The van der Waals surface area contributed by atoms with Crippen molar-refractivity contribution in [3.05, 3.63) is 24.3 Å². The lowest BCUT2D eigenvalue weighted by Crippen LogP contribution is -2.30. The van der Waals surface area contributed by atoms with Crippen LogP contribution < -0.4 is 5.32 Å². The van der Waals surface area contributed by atoms with E-state index in [-0.39, 0.29) is 12.2 Å². The number of rotatable bonds is 26. The molecule has 0 aliphatic carbocycles. The Kier molecular flexibility index (Phi) is 24.5. The average Bonchev–Trinajstić information content (AvgIpc) is 3.32. The first-order chi connectivity index (χ1) is 17.4. The van der Waals surface area contributed by atoms with Gasteiger partial charge in [-0.15, -0.1) is 0 Å². The van der Waals surface area contributed by atoms with E-state index in [1.165, 1.54) is 128 Å². The molecule has 1 saturated heterocycles. The van der Waals surface area contributed by atoms with Crippen molar-refractivity contribution in [2.75, 3.05) is 26.3 Å². The van der Waals surface area contributed by atoms with E-state index in [9.17, 15) is 0 Å². The van der Waals surface area contributed by atoms with Crippen LogP contribution in [0.15, 0.2) is 24.3 Å². The summed E-state index contributed by atoms with van der Waals surface area (Å²) in [6.45, 7) is 8.19. The Morgan fingerprint density at radius 2 is 0.829 bits per heavy atom. The lowest BCUT2D eigenvalue weighted by Gasteiger charge is -2.20. The van der Waals surface area contributed by atoms with Crippen LogP contribution in [0.4, 0.5) is 0 Å². The molecule has 3 nitrogen and oxygen atoms in total. The third-order valence-electron chi connectivity index (χ3n) is 7.08. The Hall–Kier alpha value is -0.640. The molecular weight excluding hydrogens is 430 g/mol. The van der Waals surface area contributed by atoms with Gasteiger partial charge in [0.05, 0.1) is 12.2 Å². The monoisotopic (exact) mass is 491 g/mol. The molecule has 2 atom stereocenters. The molecule has 1 N–H and O–H groups in total. The van der Waals surface area contributed by atoms with Gasteiger partial charge < -0.3 is 14.8 Å². The summed E-state index contributed by atoms with van der Waals surface area (Å²) in [6, 6.07) is 0. The third-order valence-corrected chi connectivity index (χ3v) is 7.08. The van der Waals surface area contributed by atoms with E-state index < -0.39 is 0 Å². The Balaban J connectivity index is 1.86. The van der Waals surface area contributed by atoms with Crippen molar-refractivity contribution in [3.8, 4) is 0 Å². The van der Waals surface area contributed by atoms with Gasteiger partial charge in [-0.2, -0.15) is 0 Å². The second-order valence-corrected chi connectivity index (χ2v) is 10.5. The minimum atomic E-state index is 0.250. The van der Waals surface area contributed by atoms with E-state index in [0.29, 0.717) is 0 Å². The van der Waals surface area contributed by atoms with Crippen molar-refractivity contribution < 1.29 is 9.47 Å². The summed E-state index contributed by atoms with van der Waals surface area (Å²) < 4.78 is 12.3. The van der Waals surface area contributed by atoms with Crippen molar-refractivity contribution in [2.45, 2.75) is 154 Å². The standard InChI is InChI=1S/C32H61NO2/c1-3-5-7-9-11-13-15-17-19-21-23-25-27-34-31-29-33-30-32(31)35-28-26-24-22-20-18-16-14-12-10-8-6-4-2/h9-12,31-33H,3-8,13-30H2,1-2H3/b11-9-,12-10-. The summed E-state index contributed by atoms with van der Waals surface area (Å²) in [5, 5.41) is 3.45.